The highest BCUT2D eigenvalue weighted by atomic mass is 16.5. The first-order chi connectivity index (χ1) is 12.9. The zero-order valence-electron chi connectivity index (χ0n) is 16.1. The summed E-state index contributed by atoms with van der Waals surface area (Å²) >= 11 is 0. The SMILES string of the molecule is COc1ccc(C=C[C@]23NC(=O)CN2c2ccccc2C3(C)C)cc1OC. The van der Waals surface area contributed by atoms with E-state index in [2.05, 4.69) is 48.3 Å². The lowest BCUT2D eigenvalue weighted by molar-refractivity contribution is -0.118. The standard InChI is InChI=1S/C22H24N2O3/c1-21(2)16-7-5-6-8-17(16)24-14-20(25)23-22(21,24)12-11-15-9-10-18(26-3)19(13-15)27-4/h5-13H,14H2,1-4H3,(H,23,25)/t22-/m0/s1. The predicted octanol–water partition coefficient (Wildman–Crippen LogP) is 3.34. The first-order valence-electron chi connectivity index (χ1n) is 9.02. The number of nitrogens with zero attached hydrogens (tertiary/aromatic N) is 1. The van der Waals surface area contributed by atoms with Crippen molar-refractivity contribution in [3.8, 4) is 11.5 Å². The summed E-state index contributed by atoms with van der Waals surface area (Å²) in [5.41, 5.74) is 2.46. The van der Waals surface area contributed by atoms with Crippen LogP contribution in [0.15, 0.2) is 48.5 Å². The maximum Gasteiger partial charge on any atom is 0.241 e. The average molecular weight is 364 g/mol. The molecule has 4 rings (SSSR count). The van der Waals surface area contributed by atoms with Crippen molar-refractivity contribution < 1.29 is 14.3 Å². The molecule has 2 heterocycles. The Kier molecular flexibility index (Phi) is 3.91. The number of hydrogen-bond donors (Lipinski definition) is 1. The number of ether oxygens (including phenoxy) is 2. The monoisotopic (exact) mass is 364 g/mol. The van der Waals surface area contributed by atoms with Crippen LogP contribution >= 0.6 is 0 Å². The average Bonchev–Trinajstić information content (AvgIpc) is 3.11. The van der Waals surface area contributed by atoms with E-state index in [-0.39, 0.29) is 11.3 Å². The van der Waals surface area contributed by atoms with Gasteiger partial charge in [0.2, 0.25) is 5.91 Å². The van der Waals surface area contributed by atoms with E-state index in [9.17, 15) is 4.79 Å². The first-order valence-corrected chi connectivity index (χ1v) is 9.02. The number of methoxy groups -OCH3 is 2. The Bertz CT molecular complexity index is 935. The molecule has 1 N–H and O–H groups in total. The Morgan fingerprint density at radius 3 is 2.56 bits per heavy atom. The van der Waals surface area contributed by atoms with Crippen molar-refractivity contribution in [3.05, 3.63) is 59.7 Å². The van der Waals surface area contributed by atoms with Crippen LogP contribution in [-0.4, -0.2) is 32.3 Å². The molecule has 2 aromatic rings. The summed E-state index contributed by atoms with van der Waals surface area (Å²) in [6.07, 6.45) is 4.13. The summed E-state index contributed by atoms with van der Waals surface area (Å²) in [5, 5.41) is 3.23. The summed E-state index contributed by atoms with van der Waals surface area (Å²) in [7, 11) is 3.25. The van der Waals surface area contributed by atoms with Crippen molar-refractivity contribution in [2.45, 2.75) is 24.9 Å². The molecule has 0 radical (unpaired) electrons. The lowest BCUT2D eigenvalue weighted by Gasteiger charge is -2.40. The second-order valence-corrected chi connectivity index (χ2v) is 7.49. The molecule has 1 saturated heterocycles. The third kappa shape index (κ3) is 2.41. The van der Waals surface area contributed by atoms with E-state index >= 15 is 0 Å². The third-order valence-electron chi connectivity index (χ3n) is 5.80. The van der Waals surface area contributed by atoms with Crippen molar-refractivity contribution in [1.82, 2.24) is 5.32 Å². The number of para-hydroxylation sites is 1. The Morgan fingerprint density at radius 2 is 1.81 bits per heavy atom. The van der Waals surface area contributed by atoms with Gasteiger partial charge in [-0.05, 0) is 35.4 Å². The summed E-state index contributed by atoms with van der Waals surface area (Å²) in [4.78, 5) is 14.5. The number of carbonyl (C=O) groups excluding carboxylic acids is 1. The third-order valence-corrected chi connectivity index (χ3v) is 5.80. The number of hydrogen-bond acceptors (Lipinski definition) is 4. The molecule has 0 spiro atoms. The lowest BCUT2D eigenvalue weighted by Crippen LogP contribution is -2.58. The molecule has 0 bridgehead atoms. The smallest absolute Gasteiger partial charge is 0.241 e. The van der Waals surface area contributed by atoms with Gasteiger partial charge in [0.1, 0.15) is 5.66 Å². The molecule has 0 saturated carbocycles. The fraction of sp³-hybridized carbons (Fsp3) is 0.318. The van der Waals surface area contributed by atoms with Crippen LogP contribution in [0.1, 0.15) is 25.0 Å². The second-order valence-electron chi connectivity index (χ2n) is 7.49. The van der Waals surface area contributed by atoms with Crippen LogP contribution in [0.2, 0.25) is 0 Å². The lowest BCUT2D eigenvalue weighted by atomic mass is 9.75. The molecule has 0 unspecified atom stereocenters. The largest absolute Gasteiger partial charge is 0.493 e. The Labute approximate surface area is 159 Å². The van der Waals surface area contributed by atoms with Crippen molar-refractivity contribution >= 4 is 17.7 Å². The molecule has 5 heteroatoms. The van der Waals surface area contributed by atoms with Crippen LogP contribution in [0.3, 0.4) is 0 Å². The van der Waals surface area contributed by atoms with E-state index in [1.54, 1.807) is 14.2 Å². The number of nitrogens with one attached hydrogen (secondary N) is 1. The van der Waals surface area contributed by atoms with Crippen molar-refractivity contribution in [3.63, 3.8) is 0 Å². The highest BCUT2D eigenvalue weighted by molar-refractivity contribution is 5.91. The molecule has 5 nitrogen and oxygen atoms in total. The maximum absolute atomic E-state index is 12.3. The van der Waals surface area contributed by atoms with Gasteiger partial charge in [0, 0.05) is 11.1 Å². The van der Waals surface area contributed by atoms with Crippen molar-refractivity contribution in [2.75, 3.05) is 25.7 Å². The summed E-state index contributed by atoms with van der Waals surface area (Å²) in [6, 6.07) is 14.1. The molecule has 0 aliphatic carbocycles. The molecular weight excluding hydrogens is 340 g/mol. The van der Waals surface area contributed by atoms with Gasteiger partial charge in [0.05, 0.1) is 20.8 Å². The van der Waals surface area contributed by atoms with Gasteiger partial charge in [-0.25, -0.2) is 0 Å². The Morgan fingerprint density at radius 1 is 1.07 bits per heavy atom. The molecule has 2 aromatic carbocycles. The van der Waals surface area contributed by atoms with Crippen LogP contribution < -0.4 is 19.7 Å². The van der Waals surface area contributed by atoms with Gasteiger partial charge in [-0.1, -0.05) is 44.2 Å². The zero-order chi connectivity index (χ0) is 19.2. The number of anilines is 1. The van der Waals surface area contributed by atoms with Gasteiger partial charge in [-0.3, -0.25) is 4.79 Å². The van der Waals surface area contributed by atoms with Gasteiger partial charge in [0.25, 0.3) is 0 Å². The molecule has 1 amide bonds. The van der Waals surface area contributed by atoms with Crippen molar-refractivity contribution in [1.29, 1.82) is 0 Å². The van der Waals surface area contributed by atoms with E-state index in [1.807, 2.05) is 30.3 Å². The molecular formula is C22H24N2O3. The number of rotatable bonds is 4. The van der Waals surface area contributed by atoms with Gasteiger partial charge < -0.3 is 19.7 Å². The molecule has 27 heavy (non-hydrogen) atoms. The van der Waals surface area contributed by atoms with Crippen LogP contribution in [0.4, 0.5) is 5.69 Å². The highest BCUT2D eigenvalue weighted by Gasteiger charge is 2.59. The molecule has 1 fully saturated rings. The van der Waals surface area contributed by atoms with Gasteiger partial charge >= 0.3 is 0 Å². The minimum atomic E-state index is -0.596. The van der Waals surface area contributed by atoms with E-state index in [0.29, 0.717) is 18.0 Å². The second kappa shape index (κ2) is 6.05. The normalized spacial score (nSPS) is 22.5. The predicted molar refractivity (Wildman–Crippen MR) is 106 cm³/mol. The number of amides is 1. The summed E-state index contributed by atoms with van der Waals surface area (Å²) < 4.78 is 10.7. The molecule has 140 valence electrons. The van der Waals surface area contributed by atoms with E-state index in [0.717, 1.165) is 11.3 Å². The fourth-order valence-corrected chi connectivity index (χ4v) is 4.31. The van der Waals surface area contributed by atoms with Crippen molar-refractivity contribution in [2.24, 2.45) is 0 Å². The van der Waals surface area contributed by atoms with Gasteiger partial charge in [0.15, 0.2) is 11.5 Å². The molecule has 2 aliphatic heterocycles. The molecule has 1 atom stereocenters. The zero-order valence-corrected chi connectivity index (χ0v) is 16.1. The first kappa shape index (κ1) is 17.5. The topological polar surface area (TPSA) is 50.8 Å². The summed E-state index contributed by atoms with van der Waals surface area (Å²) in [5.74, 6) is 1.41. The Balaban J connectivity index is 1.78. The van der Waals surface area contributed by atoms with E-state index in [4.69, 9.17) is 9.47 Å². The van der Waals surface area contributed by atoms with E-state index in [1.165, 1.54) is 5.56 Å². The van der Waals surface area contributed by atoms with Gasteiger partial charge in [-0.15, -0.1) is 0 Å². The summed E-state index contributed by atoms with van der Waals surface area (Å²) in [6.45, 7) is 4.71. The molecule has 2 aliphatic rings. The minimum absolute atomic E-state index is 0.0366. The highest BCUT2D eigenvalue weighted by Crippen LogP contribution is 2.52. The van der Waals surface area contributed by atoms with Crippen LogP contribution in [0, 0.1) is 0 Å². The van der Waals surface area contributed by atoms with E-state index < -0.39 is 5.66 Å². The minimum Gasteiger partial charge on any atom is -0.493 e. The maximum atomic E-state index is 12.3. The number of benzene rings is 2. The van der Waals surface area contributed by atoms with Crippen LogP contribution in [0.5, 0.6) is 11.5 Å². The van der Waals surface area contributed by atoms with Crippen LogP contribution in [0.25, 0.3) is 6.08 Å². The number of carbonyl (C=O) groups is 1. The van der Waals surface area contributed by atoms with Gasteiger partial charge in [-0.2, -0.15) is 0 Å². The quantitative estimate of drug-likeness (QED) is 0.904. The number of fused-ring (bicyclic) bond motifs is 3. The molecule has 0 aromatic heterocycles. The fourth-order valence-electron chi connectivity index (χ4n) is 4.31. The van der Waals surface area contributed by atoms with Crippen LogP contribution in [-0.2, 0) is 10.2 Å². The Hall–Kier alpha value is -2.95.